The van der Waals surface area contributed by atoms with Crippen molar-refractivity contribution in [3.63, 3.8) is 0 Å². The molecular weight excluding hydrogens is 256 g/mol. The summed E-state index contributed by atoms with van der Waals surface area (Å²) in [5.41, 5.74) is 1.94. The van der Waals surface area contributed by atoms with Gasteiger partial charge in [0.05, 0.1) is 18.3 Å². The maximum atomic E-state index is 11.8. The molecule has 0 saturated carbocycles. The lowest BCUT2D eigenvalue weighted by Gasteiger charge is -2.20. The lowest BCUT2D eigenvalue weighted by atomic mass is 10.0. The summed E-state index contributed by atoms with van der Waals surface area (Å²) in [5.74, 6) is 0.428. The maximum absolute atomic E-state index is 11.8. The fourth-order valence-electron chi connectivity index (χ4n) is 2.14. The molecule has 1 aromatic rings. The summed E-state index contributed by atoms with van der Waals surface area (Å²) in [6.45, 7) is 7.95. The van der Waals surface area contributed by atoms with Crippen LogP contribution in [0.1, 0.15) is 38.6 Å². The lowest BCUT2D eigenvalue weighted by molar-refractivity contribution is 0.205. The van der Waals surface area contributed by atoms with E-state index in [2.05, 4.69) is 34.7 Å². The van der Waals surface area contributed by atoms with E-state index in [-0.39, 0.29) is 24.7 Å². The van der Waals surface area contributed by atoms with Crippen LogP contribution in [0.3, 0.4) is 0 Å². The van der Waals surface area contributed by atoms with Crippen LogP contribution in [0.25, 0.3) is 0 Å². The number of amides is 2. The van der Waals surface area contributed by atoms with Crippen molar-refractivity contribution in [1.29, 1.82) is 0 Å². The van der Waals surface area contributed by atoms with Gasteiger partial charge < -0.3 is 15.7 Å². The molecule has 0 aliphatic rings. The maximum Gasteiger partial charge on any atom is 0.315 e. The Morgan fingerprint density at radius 2 is 2.10 bits per heavy atom. The number of rotatable bonds is 7. The third-order valence-corrected chi connectivity index (χ3v) is 2.96. The van der Waals surface area contributed by atoms with Gasteiger partial charge in [-0.05, 0) is 32.3 Å². The summed E-state index contributed by atoms with van der Waals surface area (Å²) in [4.78, 5) is 11.8. The molecule has 0 bridgehead atoms. The first kappa shape index (κ1) is 16.5. The first-order valence-electron chi connectivity index (χ1n) is 7.09. The topological polar surface area (TPSA) is 90.0 Å². The van der Waals surface area contributed by atoms with Crippen LogP contribution < -0.4 is 10.6 Å². The third-order valence-electron chi connectivity index (χ3n) is 2.96. The van der Waals surface area contributed by atoms with Gasteiger partial charge in [0.1, 0.15) is 0 Å². The fourth-order valence-corrected chi connectivity index (χ4v) is 2.14. The number of aryl methyl sites for hydroxylation is 1. The normalized spacial score (nSPS) is 14.1. The van der Waals surface area contributed by atoms with Crippen LogP contribution in [-0.4, -0.2) is 40.0 Å². The van der Waals surface area contributed by atoms with Crippen molar-refractivity contribution in [2.45, 2.75) is 52.6 Å². The van der Waals surface area contributed by atoms with Crippen LogP contribution >= 0.6 is 0 Å². The zero-order chi connectivity index (χ0) is 15.1. The second-order valence-electron chi connectivity index (χ2n) is 5.77. The Kier molecular flexibility index (Phi) is 6.51. The van der Waals surface area contributed by atoms with Crippen LogP contribution in [-0.2, 0) is 6.42 Å². The fraction of sp³-hybridized carbons (Fsp3) is 0.714. The Bertz CT molecular complexity index is 417. The minimum atomic E-state index is -0.246. The van der Waals surface area contributed by atoms with Crippen molar-refractivity contribution in [1.82, 2.24) is 20.8 Å². The number of carbonyl (C=O) groups excluding carboxylic acids is 1. The molecule has 114 valence electrons. The van der Waals surface area contributed by atoms with Crippen LogP contribution in [0.2, 0.25) is 0 Å². The zero-order valence-electron chi connectivity index (χ0n) is 12.7. The highest BCUT2D eigenvalue weighted by molar-refractivity contribution is 5.74. The Balaban J connectivity index is 2.37. The van der Waals surface area contributed by atoms with Gasteiger partial charge in [0, 0.05) is 18.2 Å². The van der Waals surface area contributed by atoms with Crippen LogP contribution in [0.15, 0.2) is 6.07 Å². The lowest BCUT2D eigenvalue weighted by Crippen LogP contribution is -2.47. The molecule has 1 rings (SSSR count). The molecule has 2 amide bonds. The number of nitrogens with one attached hydrogen (secondary N) is 3. The second kappa shape index (κ2) is 7.89. The van der Waals surface area contributed by atoms with Gasteiger partial charge >= 0.3 is 6.03 Å². The van der Waals surface area contributed by atoms with Gasteiger partial charge in [0.25, 0.3) is 0 Å². The molecular formula is C14H26N4O2. The van der Waals surface area contributed by atoms with Gasteiger partial charge in [-0.15, -0.1) is 0 Å². The molecule has 0 aromatic carbocycles. The van der Waals surface area contributed by atoms with Crippen molar-refractivity contribution >= 4 is 6.03 Å². The summed E-state index contributed by atoms with van der Waals surface area (Å²) in [7, 11) is 0. The number of H-pyrrole nitrogens is 1. The number of hydrogen-bond acceptors (Lipinski definition) is 3. The molecule has 0 radical (unpaired) electrons. The number of nitrogens with zero attached hydrogens (tertiary/aromatic N) is 1. The number of aromatic amines is 1. The van der Waals surface area contributed by atoms with Crippen molar-refractivity contribution in [2.75, 3.05) is 6.61 Å². The molecule has 0 fully saturated rings. The van der Waals surface area contributed by atoms with Gasteiger partial charge in [-0.2, -0.15) is 5.10 Å². The molecule has 0 aliphatic carbocycles. The van der Waals surface area contributed by atoms with E-state index in [1.165, 1.54) is 0 Å². The molecule has 1 heterocycles. The number of aliphatic hydroxyl groups is 1. The first-order chi connectivity index (χ1) is 9.40. The van der Waals surface area contributed by atoms with Gasteiger partial charge in [0.2, 0.25) is 0 Å². The first-order valence-corrected chi connectivity index (χ1v) is 7.09. The zero-order valence-corrected chi connectivity index (χ0v) is 12.7. The van der Waals surface area contributed by atoms with Crippen LogP contribution in [0.5, 0.6) is 0 Å². The number of urea groups is 1. The van der Waals surface area contributed by atoms with Crippen LogP contribution in [0, 0.1) is 12.8 Å². The molecule has 6 nitrogen and oxygen atoms in total. The molecule has 0 aliphatic heterocycles. The molecule has 2 atom stereocenters. The molecule has 0 spiro atoms. The third kappa shape index (κ3) is 6.06. The van der Waals surface area contributed by atoms with E-state index in [0.29, 0.717) is 12.3 Å². The predicted octanol–water partition coefficient (Wildman–Crippen LogP) is 1.36. The van der Waals surface area contributed by atoms with E-state index in [1.54, 1.807) is 0 Å². The van der Waals surface area contributed by atoms with Crippen molar-refractivity contribution in [3.05, 3.63) is 17.5 Å². The Labute approximate surface area is 120 Å². The van der Waals surface area contributed by atoms with Gasteiger partial charge in [-0.1, -0.05) is 13.8 Å². The average molecular weight is 282 g/mol. The van der Waals surface area contributed by atoms with E-state index >= 15 is 0 Å². The largest absolute Gasteiger partial charge is 0.394 e. The Hall–Kier alpha value is -1.56. The highest BCUT2D eigenvalue weighted by Crippen LogP contribution is 2.04. The summed E-state index contributed by atoms with van der Waals surface area (Å²) >= 11 is 0. The predicted molar refractivity (Wildman–Crippen MR) is 78.5 cm³/mol. The smallest absolute Gasteiger partial charge is 0.315 e. The summed E-state index contributed by atoms with van der Waals surface area (Å²) in [6, 6.07) is 1.50. The SMILES string of the molecule is Cc1cc(CC(C)NC(=O)NC(CO)CC(C)C)n[nH]1. The highest BCUT2D eigenvalue weighted by Gasteiger charge is 2.15. The molecule has 1 aromatic heterocycles. The monoisotopic (exact) mass is 282 g/mol. The van der Waals surface area contributed by atoms with E-state index < -0.39 is 0 Å². The summed E-state index contributed by atoms with van der Waals surface area (Å²) in [6.07, 6.45) is 1.43. The Morgan fingerprint density at radius 1 is 1.40 bits per heavy atom. The number of hydrogen-bond donors (Lipinski definition) is 4. The van der Waals surface area contributed by atoms with Gasteiger partial charge in [-0.3, -0.25) is 5.10 Å². The van der Waals surface area contributed by atoms with E-state index in [9.17, 15) is 9.90 Å². The molecule has 0 saturated heterocycles. The van der Waals surface area contributed by atoms with E-state index in [4.69, 9.17) is 0 Å². The van der Waals surface area contributed by atoms with Crippen molar-refractivity contribution < 1.29 is 9.90 Å². The minimum Gasteiger partial charge on any atom is -0.394 e. The van der Waals surface area contributed by atoms with E-state index in [1.807, 2.05) is 19.9 Å². The van der Waals surface area contributed by atoms with Crippen molar-refractivity contribution in [2.24, 2.45) is 5.92 Å². The molecule has 4 N–H and O–H groups in total. The number of aromatic nitrogens is 2. The second-order valence-corrected chi connectivity index (χ2v) is 5.77. The standard InChI is InChI=1S/C14H26N4O2/c1-9(2)5-13(8-19)16-14(20)15-10(3)6-12-7-11(4)17-18-12/h7,9-10,13,19H,5-6,8H2,1-4H3,(H,17,18)(H2,15,16,20). The Morgan fingerprint density at radius 3 is 2.60 bits per heavy atom. The minimum absolute atomic E-state index is 0.0175. The van der Waals surface area contributed by atoms with Gasteiger partial charge in [-0.25, -0.2) is 4.79 Å². The highest BCUT2D eigenvalue weighted by atomic mass is 16.3. The molecule has 6 heteroatoms. The summed E-state index contributed by atoms with van der Waals surface area (Å²) < 4.78 is 0. The average Bonchev–Trinajstić information content (AvgIpc) is 2.72. The number of aliphatic hydroxyl groups excluding tert-OH is 1. The van der Waals surface area contributed by atoms with E-state index in [0.717, 1.165) is 17.8 Å². The molecule has 20 heavy (non-hydrogen) atoms. The van der Waals surface area contributed by atoms with Crippen molar-refractivity contribution in [3.8, 4) is 0 Å². The quantitative estimate of drug-likeness (QED) is 0.608. The molecule has 2 unspecified atom stereocenters. The number of carbonyl (C=O) groups is 1. The van der Waals surface area contributed by atoms with Gasteiger partial charge in [0.15, 0.2) is 0 Å². The summed E-state index contributed by atoms with van der Waals surface area (Å²) in [5, 5.41) is 21.9. The van der Waals surface area contributed by atoms with Crippen LogP contribution in [0.4, 0.5) is 4.79 Å².